The lowest BCUT2D eigenvalue weighted by molar-refractivity contribution is 0.617. The summed E-state index contributed by atoms with van der Waals surface area (Å²) in [6.45, 7) is 2.21. The Kier molecular flexibility index (Phi) is 2.69. The number of hydrogen-bond donors (Lipinski definition) is 1. The van der Waals surface area contributed by atoms with Gasteiger partial charge in [-0.2, -0.15) is 0 Å². The van der Waals surface area contributed by atoms with Crippen LogP contribution >= 0.6 is 0 Å². The SMILES string of the molecule is CNC1CCN(c2ccnc3ccccc23)C1. The first-order chi connectivity index (χ1) is 8.38. The molecule has 1 aromatic carbocycles. The van der Waals surface area contributed by atoms with Crippen molar-refractivity contribution in [1.29, 1.82) is 0 Å². The van der Waals surface area contributed by atoms with Crippen LogP contribution in [-0.2, 0) is 0 Å². The Morgan fingerprint density at radius 1 is 1.29 bits per heavy atom. The van der Waals surface area contributed by atoms with E-state index in [4.69, 9.17) is 0 Å². The molecule has 1 atom stereocenters. The van der Waals surface area contributed by atoms with Crippen LogP contribution in [0, 0.1) is 0 Å². The fourth-order valence-electron chi connectivity index (χ4n) is 2.57. The number of likely N-dealkylation sites (N-methyl/N-ethyl adjacent to an activating group) is 1. The van der Waals surface area contributed by atoms with Crippen LogP contribution in [0.25, 0.3) is 10.9 Å². The van der Waals surface area contributed by atoms with Crippen LogP contribution < -0.4 is 10.2 Å². The van der Waals surface area contributed by atoms with Crippen molar-refractivity contribution in [3.8, 4) is 0 Å². The molecule has 1 saturated heterocycles. The zero-order chi connectivity index (χ0) is 11.7. The minimum absolute atomic E-state index is 0.613. The van der Waals surface area contributed by atoms with E-state index >= 15 is 0 Å². The van der Waals surface area contributed by atoms with Gasteiger partial charge in [0.2, 0.25) is 0 Å². The zero-order valence-electron chi connectivity index (χ0n) is 10.1. The van der Waals surface area contributed by atoms with Gasteiger partial charge < -0.3 is 10.2 Å². The average molecular weight is 227 g/mol. The lowest BCUT2D eigenvalue weighted by Crippen LogP contribution is -2.29. The van der Waals surface area contributed by atoms with Crippen molar-refractivity contribution in [2.45, 2.75) is 12.5 Å². The molecule has 1 N–H and O–H groups in total. The lowest BCUT2D eigenvalue weighted by atomic mass is 10.2. The number of anilines is 1. The Hall–Kier alpha value is -1.61. The smallest absolute Gasteiger partial charge is 0.0722 e. The van der Waals surface area contributed by atoms with Crippen molar-refractivity contribution < 1.29 is 0 Å². The number of para-hydroxylation sites is 1. The predicted molar refractivity (Wildman–Crippen MR) is 71.4 cm³/mol. The third-order valence-corrected chi connectivity index (χ3v) is 3.56. The summed E-state index contributed by atoms with van der Waals surface area (Å²) < 4.78 is 0. The zero-order valence-corrected chi connectivity index (χ0v) is 10.1. The average Bonchev–Trinajstić information content (AvgIpc) is 2.87. The second-order valence-electron chi connectivity index (χ2n) is 4.57. The van der Waals surface area contributed by atoms with E-state index < -0.39 is 0 Å². The van der Waals surface area contributed by atoms with Gasteiger partial charge in [0.25, 0.3) is 0 Å². The fourth-order valence-corrected chi connectivity index (χ4v) is 2.57. The molecular weight excluding hydrogens is 210 g/mol. The summed E-state index contributed by atoms with van der Waals surface area (Å²) in [7, 11) is 2.04. The van der Waals surface area contributed by atoms with E-state index in [0.717, 1.165) is 18.6 Å². The third-order valence-electron chi connectivity index (χ3n) is 3.56. The van der Waals surface area contributed by atoms with Crippen molar-refractivity contribution in [3.05, 3.63) is 36.5 Å². The second-order valence-corrected chi connectivity index (χ2v) is 4.57. The van der Waals surface area contributed by atoms with Gasteiger partial charge in [-0.3, -0.25) is 4.98 Å². The van der Waals surface area contributed by atoms with Gasteiger partial charge in [-0.1, -0.05) is 18.2 Å². The first-order valence-corrected chi connectivity index (χ1v) is 6.14. The molecule has 0 aliphatic carbocycles. The molecule has 3 heteroatoms. The van der Waals surface area contributed by atoms with Gasteiger partial charge in [0.1, 0.15) is 0 Å². The van der Waals surface area contributed by atoms with Gasteiger partial charge in [0.05, 0.1) is 5.52 Å². The summed E-state index contributed by atoms with van der Waals surface area (Å²) in [6.07, 6.45) is 3.12. The van der Waals surface area contributed by atoms with Crippen molar-refractivity contribution in [3.63, 3.8) is 0 Å². The summed E-state index contributed by atoms with van der Waals surface area (Å²) in [5, 5.41) is 4.61. The monoisotopic (exact) mass is 227 g/mol. The largest absolute Gasteiger partial charge is 0.369 e. The van der Waals surface area contributed by atoms with Crippen molar-refractivity contribution in [2.24, 2.45) is 0 Å². The number of aromatic nitrogens is 1. The van der Waals surface area contributed by atoms with Crippen molar-refractivity contribution in [1.82, 2.24) is 10.3 Å². The van der Waals surface area contributed by atoms with Gasteiger partial charge in [0.15, 0.2) is 0 Å². The predicted octanol–water partition coefficient (Wildman–Crippen LogP) is 2.03. The molecule has 0 spiro atoms. The molecule has 3 nitrogen and oxygen atoms in total. The van der Waals surface area contributed by atoms with E-state index in [-0.39, 0.29) is 0 Å². The molecule has 0 radical (unpaired) electrons. The molecule has 2 heterocycles. The summed E-state index contributed by atoms with van der Waals surface area (Å²) >= 11 is 0. The molecule has 1 fully saturated rings. The van der Waals surface area contributed by atoms with E-state index in [1.807, 2.05) is 19.3 Å². The number of pyridine rings is 1. The molecule has 1 aromatic heterocycles. The number of benzene rings is 1. The Bertz CT molecular complexity index is 518. The Morgan fingerprint density at radius 2 is 2.18 bits per heavy atom. The molecule has 88 valence electrons. The van der Waals surface area contributed by atoms with Gasteiger partial charge >= 0.3 is 0 Å². The minimum Gasteiger partial charge on any atom is -0.369 e. The van der Waals surface area contributed by atoms with Gasteiger partial charge in [0, 0.05) is 36.4 Å². The minimum atomic E-state index is 0.613. The molecule has 3 rings (SSSR count). The first-order valence-electron chi connectivity index (χ1n) is 6.14. The Balaban J connectivity index is 2.00. The maximum atomic E-state index is 4.41. The molecule has 0 amide bonds. The number of fused-ring (bicyclic) bond motifs is 1. The molecular formula is C14H17N3. The summed E-state index contributed by atoms with van der Waals surface area (Å²) in [5.74, 6) is 0. The van der Waals surface area contributed by atoms with Crippen LogP contribution in [0.3, 0.4) is 0 Å². The Labute approximate surface area is 101 Å². The van der Waals surface area contributed by atoms with Gasteiger partial charge in [-0.15, -0.1) is 0 Å². The molecule has 2 aromatic rings. The highest BCUT2D eigenvalue weighted by Crippen LogP contribution is 2.27. The van der Waals surface area contributed by atoms with Gasteiger partial charge in [-0.25, -0.2) is 0 Å². The third kappa shape index (κ3) is 1.87. The lowest BCUT2D eigenvalue weighted by Gasteiger charge is -2.20. The highest BCUT2D eigenvalue weighted by Gasteiger charge is 2.22. The second kappa shape index (κ2) is 4.34. The van der Waals surface area contributed by atoms with E-state index in [1.165, 1.54) is 17.5 Å². The summed E-state index contributed by atoms with van der Waals surface area (Å²) in [4.78, 5) is 6.86. The summed E-state index contributed by atoms with van der Waals surface area (Å²) in [5.41, 5.74) is 2.39. The topological polar surface area (TPSA) is 28.2 Å². The summed E-state index contributed by atoms with van der Waals surface area (Å²) in [6, 6.07) is 11.1. The van der Waals surface area contributed by atoms with Crippen LogP contribution in [0.5, 0.6) is 0 Å². The highest BCUT2D eigenvalue weighted by atomic mass is 15.2. The van der Waals surface area contributed by atoms with Crippen LogP contribution in [0.1, 0.15) is 6.42 Å². The molecule has 1 aliphatic heterocycles. The molecule has 0 saturated carbocycles. The number of nitrogens with zero attached hydrogens (tertiary/aromatic N) is 2. The number of nitrogens with one attached hydrogen (secondary N) is 1. The first kappa shape index (κ1) is 10.5. The van der Waals surface area contributed by atoms with E-state index in [1.54, 1.807) is 0 Å². The van der Waals surface area contributed by atoms with Crippen LogP contribution in [-0.4, -0.2) is 31.2 Å². The van der Waals surface area contributed by atoms with Crippen molar-refractivity contribution in [2.75, 3.05) is 25.0 Å². The highest BCUT2D eigenvalue weighted by molar-refractivity contribution is 5.91. The van der Waals surface area contributed by atoms with E-state index in [0.29, 0.717) is 6.04 Å². The normalized spacial score (nSPS) is 20.1. The van der Waals surface area contributed by atoms with E-state index in [2.05, 4.69) is 39.5 Å². The van der Waals surface area contributed by atoms with E-state index in [9.17, 15) is 0 Å². The van der Waals surface area contributed by atoms with Crippen LogP contribution in [0.4, 0.5) is 5.69 Å². The maximum Gasteiger partial charge on any atom is 0.0722 e. The standard InChI is InChI=1S/C14H17N3/c1-15-11-7-9-17(10-11)14-6-8-16-13-5-3-2-4-12(13)14/h2-6,8,11,15H,7,9-10H2,1H3. The molecule has 1 unspecified atom stereocenters. The van der Waals surface area contributed by atoms with Crippen LogP contribution in [0.2, 0.25) is 0 Å². The Morgan fingerprint density at radius 3 is 3.00 bits per heavy atom. The quantitative estimate of drug-likeness (QED) is 0.851. The molecule has 17 heavy (non-hydrogen) atoms. The molecule has 0 bridgehead atoms. The number of rotatable bonds is 2. The van der Waals surface area contributed by atoms with Crippen molar-refractivity contribution >= 4 is 16.6 Å². The number of hydrogen-bond acceptors (Lipinski definition) is 3. The fraction of sp³-hybridized carbons (Fsp3) is 0.357. The van der Waals surface area contributed by atoms with Gasteiger partial charge in [-0.05, 0) is 25.6 Å². The molecule has 1 aliphatic rings. The maximum absolute atomic E-state index is 4.41. The van der Waals surface area contributed by atoms with Crippen LogP contribution in [0.15, 0.2) is 36.5 Å².